The molecule has 3 aliphatic rings. The lowest BCUT2D eigenvalue weighted by molar-refractivity contribution is -0.147. The van der Waals surface area contributed by atoms with Crippen LogP contribution in [0.15, 0.2) is 12.1 Å². The van der Waals surface area contributed by atoms with Crippen molar-refractivity contribution in [3.63, 3.8) is 0 Å². The molecule has 32 heavy (non-hydrogen) atoms. The summed E-state index contributed by atoms with van der Waals surface area (Å²) in [6.07, 6.45) is 3.49. The molecule has 2 amide bonds. The van der Waals surface area contributed by atoms with Crippen molar-refractivity contribution in [2.24, 2.45) is 5.92 Å². The molecule has 0 aromatic carbocycles. The van der Waals surface area contributed by atoms with Crippen molar-refractivity contribution in [2.75, 3.05) is 61.4 Å². The predicted molar refractivity (Wildman–Crippen MR) is 121 cm³/mol. The highest BCUT2D eigenvalue weighted by atomic mass is 32.2. The van der Waals surface area contributed by atoms with Gasteiger partial charge in [-0.05, 0) is 37.3 Å². The quantitative estimate of drug-likeness (QED) is 0.567. The van der Waals surface area contributed by atoms with Gasteiger partial charge in [-0.15, -0.1) is 10.2 Å². The van der Waals surface area contributed by atoms with E-state index in [9.17, 15) is 18.0 Å². The molecule has 4 heterocycles. The van der Waals surface area contributed by atoms with E-state index in [2.05, 4.69) is 22.0 Å². The highest BCUT2D eigenvalue weighted by Gasteiger charge is 2.31. The Hall–Kier alpha value is -2.27. The molecule has 0 atom stereocenters. The van der Waals surface area contributed by atoms with Gasteiger partial charge in [0.25, 0.3) is 0 Å². The van der Waals surface area contributed by atoms with Crippen LogP contribution in [0.1, 0.15) is 39.0 Å². The first-order chi connectivity index (χ1) is 15.3. The van der Waals surface area contributed by atoms with Crippen LogP contribution in [0.2, 0.25) is 0 Å². The normalized spacial score (nSPS) is 22.0. The number of carbonyl (C=O) groups excluding carboxylic acids is 2. The largest absolute Gasteiger partial charge is 0.355 e. The lowest BCUT2D eigenvalue weighted by Gasteiger charge is -2.35. The van der Waals surface area contributed by atoms with Crippen LogP contribution in [0.5, 0.6) is 0 Å². The third-order valence-corrected chi connectivity index (χ3v) is 8.51. The van der Waals surface area contributed by atoms with Crippen molar-refractivity contribution in [3.05, 3.63) is 12.1 Å². The summed E-state index contributed by atoms with van der Waals surface area (Å²) in [5, 5.41) is 8.78. The maximum absolute atomic E-state index is 12.8. The maximum Gasteiger partial charge on any atom is 0.229 e. The molecule has 3 fully saturated rings. The molecule has 11 heteroatoms. The van der Waals surface area contributed by atoms with E-state index in [0.29, 0.717) is 45.4 Å². The van der Waals surface area contributed by atoms with Crippen LogP contribution in [0.25, 0.3) is 0 Å². The van der Waals surface area contributed by atoms with Crippen LogP contribution in [0.3, 0.4) is 0 Å². The van der Waals surface area contributed by atoms with Crippen LogP contribution in [-0.2, 0) is 19.6 Å². The smallest absolute Gasteiger partial charge is 0.229 e. The van der Waals surface area contributed by atoms with Crippen LogP contribution in [-0.4, -0.2) is 91.2 Å². The van der Waals surface area contributed by atoms with Crippen LogP contribution >= 0.6 is 0 Å². The number of piperidine rings is 2. The maximum atomic E-state index is 12.8. The Morgan fingerprint density at radius 1 is 0.875 bits per heavy atom. The molecular weight excluding hydrogens is 432 g/mol. The minimum absolute atomic E-state index is 0.0670. The number of hydrogen-bond acceptors (Lipinski definition) is 8. The Morgan fingerprint density at radius 2 is 1.41 bits per heavy atom. The van der Waals surface area contributed by atoms with E-state index in [-0.39, 0.29) is 24.1 Å². The van der Waals surface area contributed by atoms with E-state index >= 15 is 0 Å². The second-order valence-corrected chi connectivity index (χ2v) is 11.0. The molecule has 3 saturated heterocycles. The van der Waals surface area contributed by atoms with Gasteiger partial charge in [0.1, 0.15) is 0 Å². The first-order valence-corrected chi connectivity index (χ1v) is 13.1. The lowest BCUT2D eigenvalue weighted by atomic mass is 9.99. The summed E-state index contributed by atoms with van der Waals surface area (Å²) in [6.45, 7) is 5.95. The molecule has 1 aromatic heterocycles. The van der Waals surface area contributed by atoms with Crippen molar-refractivity contribution in [1.82, 2.24) is 19.4 Å². The Labute approximate surface area is 189 Å². The predicted octanol–water partition coefficient (Wildman–Crippen LogP) is 0.704. The van der Waals surface area contributed by atoms with E-state index in [1.807, 2.05) is 17.0 Å². The van der Waals surface area contributed by atoms with Gasteiger partial charge in [0.2, 0.25) is 21.8 Å². The molecule has 3 aliphatic heterocycles. The number of sulfonamides is 1. The Kier molecular flexibility index (Phi) is 6.94. The summed E-state index contributed by atoms with van der Waals surface area (Å²) in [7, 11) is -3.54. The van der Waals surface area contributed by atoms with Crippen LogP contribution < -0.4 is 9.80 Å². The Bertz CT molecular complexity index is 906. The second kappa shape index (κ2) is 9.70. The minimum Gasteiger partial charge on any atom is -0.355 e. The summed E-state index contributed by atoms with van der Waals surface area (Å²) in [5.74, 6) is 1.62. The number of amides is 2. The molecule has 176 valence electrons. The zero-order chi connectivity index (χ0) is 22.7. The van der Waals surface area contributed by atoms with Crippen molar-refractivity contribution >= 4 is 33.5 Å². The molecule has 0 spiro atoms. The molecule has 1 aromatic rings. The van der Waals surface area contributed by atoms with Crippen LogP contribution in [0, 0.1) is 5.92 Å². The van der Waals surface area contributed by atoms with Crippen molar-refractivity contribution < 1.29 is 18.0 Å². The van der Waals surface area contributed by atoms with Crippen molar-refractivity contribution in [3.8, 4) is 0 Å². The van der Waals surface area contributed by atoms with Gasteiger partial charge in [0.15, 0.2) is 11.6 Å². The van der Waals surface area contributed by atoms with E-state index in [1.165, 1.54) is 17.1 Å². The number of nitrogens with zero attached hydrogens (tertiary/aromatic N) is 6. The fourth-order valence-electron chi connectivity index (χ4n) is 4.47. The van der Waals surface area contributed by atoms with Gasteiger partial charge in [-0.2, -0.15) is 4.31 Å². The highest BCUT2D eigenvalue weighted by molar-refractivity contribution is 7.89. The summed E-state index contributed by atoms with van der Waals surface area (Å²) >= 11 is 0. The van der Waals surface area contributed by atoms with Gasteiger partial charge in [0, 0.05) is 58.7 Å². The minimum atomic E-state index is -3.54. The number of hydrogen-bond donors (Lipinski definition) is 0. The molecule has 0 radical (unpaired) electrons. The lowest BCUT2D eigenvalue weighted by Crippen LogP contribution is -2.51. The molecular formula is C21H32N6O4S. The number of piperazine rings is 1. The number of imide groups is 1. The molecule has 0 N–H and O–H groups in total. The van der Waals surface area contributed by atoms with Gasteiger partial charge in [0.05, 0.1) is 5.75 Å². The first kappa shape index (κ1) is 22.9. The molecule has 0 unspecified atom stereocenters. The van der Waals surface area contributed by atoms with Crippen LogP contribution in [0.4, 0.5) is 11.6 Å². The zero-order valence-electron chi connectivity index (χ0n) is 18.6. The summed E-state index contributed by atoms with van der Waals surface area (Å²) in [5.41, 5.74) is 0. The van der Waals surface area contributed by atoms with Gasteiger partial charge in [-0.3, -0.25) is 14.5 Å². The van der Waals surface area contributed by atoms with Gasteiger partial charge in [-0.25, -0.2) is 8.42 Å². The monoisotopic (exact) mass is 464 g/mol. The summed E-state index contributed by atoms with van der Waals surface area (Å²) in [6, 6.07) is 3.95. The van der Waals surface area contributed by atoms with E-state index in [4.69, 9.17) is 0 Å². The number of rotatable bonds is 6. The third kappa shape index (κ3) is 5.20. The molecule has 10 nitrogen and oxygen atoms in total. The fourth-order valence-corrected chi connectivity index (χ4v) is 5.86. The standard InChI is InChI=1S/C21H32N6O4S/c1-17-7-9-24(10-8-17)18-5-6-19(23-22-18)25-11-13-26(14-12-25)32(30,31)16-15-27-20(28)3-2-4-21(27)29/h5-6,17H,2-4,7-16H2,1H3. The van der Waals surface area contributed by atoms with Gasteiger partial charge >= 0.3 is 0 Å². The summed E-state index contributed by atoms with van der Waals surface area (Å²) in [4.78, 5) is 29.2. The summed E-state index contributed by atoms with van der Waals surface area (Å²) < 4.78 is 26.9. The number of aromatic nitrogens is 2. The SMILES string of the molecule is CC1CCN(c2ccc(N3CCN(S(=O)(=O)CCN4C(=O)CCCC4=O)CC3)nn2)CC1. The first-order valence-electron chi connectivity index (χ1n) is 11.5. The van der Waals surface area contributed by atoms with Gasteiger partial charge in [-0.1, -0.05) is 6.92 Å². The Morgan fingerprint density at radius 3 is 1.94 bits per heavy atom. The molecule has 4 rings (SSSR count). The second-order valence-electron chi connectivity index (χ2n) is 8.91. The fraction of sp³-hybridized carbons (Fsp3) is 0.714. The highest BCUT2D eigenvalue weighted by Crippen LogP contribution is 2.23. The molecule has 0 saturated carbocycles. The van der Waals surface area contributed by atoms with Crippen molar-refractivity contribution in [1.29, 1.82) is 0 Å². The third-order valence-electron chi connectivity index (χ3n) is 6.66. The number of likely N-dealkylation sites (tertiary alicyclic amines) is 1. The number of carbonyl (C=O) groups is 2. The Balaban J connectivity index is 1.28. The number of anilines is 2. The van der Waals surface area contributed by atoms with E-state index < -0.39 is 10.0 Å². The van der Waals surface area contributed by atoms with Crippen molar-refractivity contribution in [2.45, 2.75) is 39.0 Å². The average molecular weight is 465 g/mol. The average Bonchev–Trinajstić information content (AvgIpc) is 2.79. The molecule has 0 aliphatic carbocycles. The molecule has 0 bridgehead atoms. The van der Waals surface area contributed by atoms with Gasteiger partial charge < -0.3 is 9.80 Å². The van der Waals surface area contributed by atoms with E-state index in [1.54, 1.807) is 0 Å². The topological polar surface area (TPSA) is 107 Å². The van der Waals surface area contributed by atoms with E-state index in [0.717, 1.165) is 35.5 Å². The zero-order valence-corrected chi connectivity index (χ0v) is 19.5.